The maximum absolute atomic E-state index is 12.1. The zero-order valence-corrected chi connectivity index (χ0v) is 14.9. The van der Waals surface area contributed by atoms with E-state index in [-0.39, 0.29) is 11.9 Å². The lowest BCUT2D eigenvalue weighted by atomic mass is 9.96. The number of benzene rings is 2. The number of likely N-dealkylation sites (tertiary alicyclic amines) is 1. The van der Waals surface area contributed by atoms with Crippen LogP contribution in [0.25, 0.3) is 10.8 Å². The van der Waals surface area contributed by atoms with Gasteiger partial charge in [-0.2, -0.15) is 0 Å². The molecule has 2 N–H and O–H groups in total. The average molecular weight is 344 g/mol. The standard InChI is InChI=1S/C20H25NO4/c1-3-25-20(23)15-5-4-10-21(12-15)13-18-17-11-16(24-2)8-6-14(17)7-9-19(18)22/h6-9,11,15,22H,3-5,10,12-13H2,1-2H3/p+1/t15-/m1/s1. The van der Waals surface area contributed by atoms with Gasteiger partial charge >= 0.3 is 5.97 Å². The van der Waals surface area contributed by atoms with Gasteiger partial charge in [0.25, 0.3) is 0 Å². The second kappa shape index (κ2) is 7.74. The van der Waals surface area contributed by atoms with Crippen molar-refractivity contribution in [3.05, 3.63) is 35.9 Å². The van der Waals surface area contributed by atoms with Gasteiger partial charge in [0.05, 0.1) is 32.4 Å². The molecule has 134 valence electrons. The predicted octanol–water partition coefficient (Wildman–Crippen LogP) is 1.91. The van der Waals surface area contributed by atoms with Crippen molar-refractivity contribution in [2.75, 3.05) is 26.8 Å². The Morgan fingerprint density at radius 2 is 2.12 bits per heavy atom. The lowest BCUT2D eigenvalue weighted by molar-refractivity contribution is -0.921. The minimum absolute atomic E-state index is 0.0460. The number of methoxy groups -OCH3 is 1. The first-order valence-electron chi connectivity index (χ1n) is 8.91. The van der Waals surface area contributed by atoms with Crippen LogP contribution in [0.5, 0.6) is 11.5 Å². The molecular weight excluding hydrogens is 318 g/mol. The molecule has 0 bridgehead atoms. The van der Waals surface area contributed by atoms with Crippen LogP contribution in [0.15, 0.2) is 30.3 Å². The highest BCUT2D eigenvalue weighted by atomic mass is 16.5. The fourth-order valence-electron chi connectivity index (χ4n) is 3.69. The number of nitrogens with one attached hydrogen (secondary N) is 1. The molecule has 1 unspecified atom stereocenters. The van der Waals surface area contributed by atoms with Crippen molar-refractivity contribution in [3.63, 3.8) is 0 Å². The Bertz CT molecular complexity index is 759. The van der Waals surface area contributed by atoms with E-state index in [4.69, 9.17) is 9.47 Å². The minimum Gasteiger partial charge on any atom is -0.507 e. The molecule has 1 aliphatic rings. The first-order chi connectivity index (χ1) is 12.1. The smallest absolute Gasteiger partial charge is 0.314 e. The van der Waals surface area contributed by atoms with Crippen molar-refractivity contribution in [2.45, 2.75) is 26.3 Å². The molecule has 1 saturated heterocycles. The molecule has 1 aliphatic heterocycles. The summed E-state index contributed by atoms with van der Waals surface area (Å²) in [5, 5.41) is 12.5. The zero-order valence-electron chi connectivity index (χ0n) is 14.9. The Balaban J connectivity index is 1.84. The van der Waals surface area contributed by atoms with E-state index >= 15 is 0 Å². The van der Waals surface area contributed by atoms with Crippen LogP contribution in [-0.2, 0) is 16.1 Å². The number of ether oxygens (including phenoxy) is 2. The fraction of sp³-hybridized carbons (Fsp3) is 0.450. The summed E-state index contributed by atoms with van der Waals surface area (Å²) in [5.74, 6) is 0.933. The van der Waals surface area contributed by atoms with Gasteiger partial charge in [-0.05, 0) is 48.7 Å². The second-order valence-corrected chi connectivity index (χ2v) is 6.62. The SMILES string of the molecule is CCOC(=O)[C@@H]1CCC[NH+](Cc2c(O)ccc3ccc(OC)cc23)C1. The van der Waals surface area contributed by atoms with Crippen LogP contribution in [-0.4, -0.2) is 37.9 Å². The van der Waals surface area contributed by atoms with Crippen LogP contribution in [0.4, 0.5) is 0 Å². The lowest BCUT2D eigenvalue weighted by Gasteiger charge is -2.29. The normalized spacial score (nSPS) is 20.4. The van der Waals surface area contributed by atoms with Crippen LogP contribution >= 0.6 is 0 Å². The molecule has 0 amide bonds. The van der Waals surface area contributed by atoms with E-state index in [9.17, 15) is 9.90 Å². The molecule has 1 heterocycles. The van der Waals surface area contributed by atoms with E-state index in [1.165, 1.54) is 4.90 Å². The van der Waals surface area contributed by atoms with E-state index in [0.29, 0.717) is 18.9 Å². The highest BCUT2D eigenvalue weighted by Gasteiger charge is 2.30. The Labute approximate surface area is 148 Å². The number of phenolic OH excluding ortho intramolecular Hbond substituents is 1. The van der Waals surface area contributed by atoms with Crippen LogP contribution in [0.2, 0.25) is 0 Å². The first-order valence-corrected chi connectivity index (χ1v) is 8.91. The third-order valence-electron chi connectivity index (χ3n) is 4.98. The van der Waals surface area contributed by atoms with E-state index in [0.717, 1.165) is 48.0 Å². The number of hydrogen-bond acceptors (Lipinski definition) is 4. The van der Waals surface area contributed by atoms with Crippen molar-refractivity contribution in [2.24, 2.45) is 5.92 Å². The zero-order chi connectivity index (χ0) is 17.8. The van der Waals surface area contributed by atoms with E-state index in [1.54, 1.807) is 13.2 Å². The molecule has 3 rings (SSSR count). The number of quaternary nitrogens is 1. The van der Waals surface area contributed by atoms with E-state index in [2.05, 4.69) is 0 Å². The lowest BCUT2D eigenvalue weighted by Crippen LogP contribution is -3.12. The average Bonchev–Trinajstić information content (AvgIpc) is 2.64. The molecule has 1 fully saturated rings. The molecule has 2 atom stereocenters. The highest BCUT2D eigenvalue weighted by molar-refractivity contribution is 5.88. The van der Waals surface area contributed by atoms with Crippen LogP contribution in [0, 0.1) is 5.92 Å². The van der Waals surface area contributed by atoms with Crippen LogP contribution < -0.4 is 9.64 Å². The Hall–Kier alpha value is -2.27. The van der Waals surface area contributed by atoms with Crippen LogP contribution in [0.3, 0.4) is 0 Å². The quantitative estimate of drug-likeness (QED) is 0.814. The summed E-state index contributed by atoms with van der Waals surface area (Å²) in [6.07, 6.45) is 1.88. The number of esters is 1. The molecule has 2 aromatic carbocycles. The van der Waals surface area contributed by atoms with E-state index < -0.39 is 0 Å². The number of carbonyl (C=O) groups is 1. The number of piperidine rings is 1. The van der Waals surface area contributed by atoms with Gasteiger partial charge in [0.2, 0.25) is 0 Å². The second-order valence-electron chi connectivity index (χ2n) is 6.62. The summed E-state index contributed by atoms with van der Waals surface area (Å²) >= 11 is 0. The molecule has 5 nitrogen and oxygen atoms in total. The monoisotopic (exact) mass is 344 g/mol. The Kier molecular flexibility index (Phi) is 5.43. The van der Waals surface area contributed by atoms with Gasteiger partial charge in [0, 0.05) is 0 Å². The number of rotatable bonds is 5. The minimum atomic E-state index is -0.0940. The van der Waals surface area contributed by atoms with Gasteiger partial charge in [-0.3, -0.25) is 4.79 Å². The number of carbonyl (C=O) groups excluding carboxylic acids is 1. The maximum Gasteiger partial charge on any atom is 0.314 e. The molecule has 0 radical (unpaired) electrons. The number of fused-ring (bicyclic) bond motifs is 1. The van der Waals surface area contributed by atoms with Crippen molar-refractivity contribution in [1.82, 2.24) is 0 Å². The summed E-state index contributed by atoms with van der Waals surface area (Å²) in [6, 6.07) is 9.56. The molecule has 0 aliphatic carbocycles. The summed E-state index contributed by atoms with van der Waals surface area (Å²) < 4.78 is 10.5. The number of phenols is 1. The largest absolute Gasteiger partial charge is 0.507 e. The van der Waals surface area contributed by atoms with Gasteiger partial charge < -0.3 is 19.5 Å². The maximum atomic E-state index is 12.1. The number of aromatic hydroxyl groups is 1. The van der Waals surface area contributed by atoms with Crippen molar-refractivity contribution in [3.8, 4) is 11.5 Å². The summed E-state index contributed by atoms with van der Waals surface area (Å²) in [6.45, 7) is 4.70. The third kappa shape index (κ3) is 3.87. The molecule has 2 aromatic rings. The topological polar surface area (TPSA) is 60.2 Å². The van der Waals surface area contributed by atoms with Crippen molar-refractivity contribution < 1.29 is 24.3 Å². The first kappa shape index (κ1) is 17.5. The van der Waals surface area contributed by atoms with Gasteiger partial charge in [-0.1, -0.05) is 12.1 Å². The highest BCUT2D eigenvalue weighted by Crippen LogP contribution is 2.29. The molecule has 0 aromatic heterocycles. The number of hydrogen-bond donors (Lipinski definition) is 2. The van der Waals surface area contributed by atoms with Gasteiger partial charge in [0.15, 0.2) is 0 Å². The molecule has 0 spiro atoms. The summed E-state index contributed by atoms with van der Waals surface area (Å²) in [5.41, 5.74) is 0.913. The third-order valence-corrected chi connectivity index (χ3v) is 4.98. The molecule has 5 heteroatoms. The van der Waals surface area contributed by atoms with E-state index in [1.807, 2.05) is 31.2 Å². The Morgan fingerprint density at radius 3 is 2.88 bits per heavy atom. The van der Waals surface area contributed by atoms with Crippen molar-refractivity contribution in [1.29, 1.82) is 0 Å². The fourth-order valence-corrected chi connectivity index (χ4v) is 3.69. The summed E-state index contributed by atoms with van der Waals surface area (Å²) in [7, 11) is 1.64. The van der Waals surface area contributed by atoms with Crippen molar-refractivity contribution >= 4 is 16.7 Å². The van der Waals surface area contributed by atoms with Gasteiger partial charge in [-0.25, -0.2) is 0 Å². The Morgan fingerprint density at radius 1 is 1.32 bits per heavy atom. The summed E-state index contributed by atoms with van der Waals surface area (Å²) in [4.78, 5) is 13.4. The van der Waals surface area contributed by atoms with Crippen LogP contribution in [0.1, 0.15) is 25.3 Å². The van der Waals surface area contributed by atoms with Gasteiger partial charge in [-0.15, -0.1) is 0 Å². The molecule has 0 saturated carbocycles. The van der Waals surface area contributed by atoms with Gasteiger partial charge in [0.1, 0.15) is 24.0 Å². The molecule has 25 heavy (non-hydrogen) atoms. The predicted molar refractivity (Wildman–Crippen MR) is 95.9 cm³/mol. The molecular formula is C20H26NO4+.